The summed E-state index contributed by atoms with van der Waals surface area (Å²) in [6.45, 7) is 1.38. The Morgan fingerprint density at radius 2 is 1.41 bits per heavy atom. The van der Waals surface area contributed by atoms with E-state index in [0.717, 1.165) is 0 Å². The zero-order valence-electron chi connectivity index (χ0n) is 11.5. The van der Waals surface area contributed by atoms with Crippen LogP contribution in [0.1, 0.15) is 27.9 Å². The Morgan fingerprint density at radius 3 is 1.82 bits per heavy atom. The van der Waals surface area contributed by atoms with E-state index in [1.165, 1.54) is 19.1 Å². The minimum absolute atomic E-state index is 0.210. The molecule has 1 aromatic carbocycles. The monoisotopic (exact) mass is 300 g/mol. The molecule has 7 nitrogen and oxygen atoms in total. The Balaban J connectivity index is 2.44. The van der Waals surface area contributed by atoms with Crippen molar-refractivity contribution in [2.45, 2.75) is 6.92 Å². The van der Waals surface area contributed by atoms with Gasteiger partial charge in [0.05, 0.1) is 0 Å². The summed E-state index contributed by atoms with van der Waals surface area (Å²) in [6, 6.07) is 9.16. The molecule has 0 unspecified atom stereocenters. The average Bonchev–Trinajstić information content (AvgIpc) is 2.46. The average molecular weight is 300 g/mol. The Hall–Kier alpha value is -3.22. The molecule has 7 heteroatoms. The minimum Gasteiger partial charge on any atom is -0.477 e. The van der Waals surface area contributed by atoms with Crippen LogP contribution >= 0.6 is 0 Å². The molecule has 0 aliphatic carbocycles. The number of carbonyl (C=O) groups is 3. The van der Waals surface area contributed by atoms with Crippen molar-refractivity contribution in [2.75, 3.05) is 5.32 Å². The molecule has 1 heterocycles. The lowest BCUT2D eigenvalue weighted by Crippen LogP contribution is -2.08. The fourth-order valence-electron chi connectivity index (χ4n) is 1.87. The van der Waals surface area contributed by atoms with Crippen molar-refractivity contribution >= 4 is 23.5 Å². The molecule has 3 N–H and O–H groups in total. The summed E-state index contributed by atoms with van der Waals surface area (Å²) in [5.41, 5.74) is 0.921. The number of aromatic carboxylic acids is 2. The second-order valence-corrected chi connectivity index (χ2v) is 4.50. The molecule has 0 spiro atoms. The first-order valence-electron chi connectivity index (χ1n) is 6.23. The molecule has 22 heavy (non-hydrogen) atoms. The number of carboxylic acid groups (broad SMARTS) is 2. The predicted octanol–water partition coefficient (Wildman–Crippen LogP) is 2.10. The van der Waals surface area contributed by atoms with E-state index in [9.17, 15) is 14.4 Å². The molecule has 0 aliphatic heterocycles. The number of nitrogens with zero attached hydrogens (tertiary/aromatic N) is 1. The van der Waals surface area contributed by atoms with Gasteiger partial charge in [-0.15, -0.1) is 0 Å². The predicted molar refractivity (Wildman–Crippen MR) is 77.9 cm³/mol. The highest BCUT2D eigenvalue weighted by atomic mass is 16.4. The molecule has 2 aromatic rings. The van der Waals surface area contributed by atoms with E-state index < -0.39 is 11.9 Å². The van der Waals surface area contributed by atoms with Gasteiger partial charge in [-0.2, -0.15) is 0 Å². The Kier molecular flexibility index (Phi) is 4.17. The first kappa shape index (κ1) is 15.2. The minimum atomic E-state index is -1.31. The van der Waals surface area contributed by atoms with Gasteiger partial charge >= 0.3 is 11.9 Å². The summed E-state index contributed by atoms with van der Waals surface area (Å²) in [5, 5.41) is 20.6. The number of carboxylic acids is 2. The van der Waals surface area contributed by atoms with E-state index in [2.05, 4.69) is 10.3 Å². The third-order valence-electron chi connectivity index (χ3n) is 2.80. The summed E-state index contributed by atoms with van der Waals surface area (Å²) in [5.74, 6) is -2.82. The van der Waals surface area contributed by atoms with Crippen molar-refractivity contribution in [1.29, 1.82) is 0 Å². The number of anilines is 1. The van der Waals surface area contributed by atoms with Gasteiger partial charge in [-0.1, -0.05) is 12.1 Å². The van der Waals surface area contributed by atoms with Crippen LogP contribution in [0.5, 0.6) is 0 Å². The number of carbonyl (C=O) groups excluding carboxylic acids is 1. The highest BCUT2D eigenvalue weighted by Gasteiger charge is 2.14. The van der Waals surface area contributed by atoms with Gasteiger partial charge in [0.2, 0.25) is 5.91 Å². The second kappa shape index (κ2) is 6.04. The van der Waals surface area contributed by atoms with Crippen molar-refractivity contribution in [1.82, 2.24) is 4.98 Å². The van der Waals surface area contributed by atoms with Crippen LogP contribution in [0.3, 0.4) is 0 Å². The van der Waals surface area contributed by atoms with E-state index in [4.69, 9.17) is 10.2 Å². The second-order valence-electron chi connectivity index (χ2n) is 4.50. The standard InChI is InChI=1S/C15H12N2O5/c1-8(18)16-11-4-2-9(3-5-11)10-6-12(14(19)20)17-13(7-10)15(21)22/h2-7H,1H3,(H,16,18)(H,19,20)(H,21,22). The molecule has 2 rings (SSSR count). The van der Waals surface area contributed by atoms with Gasteiger partial charge < -0.3 is 15.5 Å². The zero-order chi connectivity index (χ0) is 16.3. The van der Waals surface area contributed by atoms with Crippen molar-refractivity contribution in [3.63, 3.8) is 0 Å². The summed E-state index contributed by atoms with van der Waals surface area (Å²) >= 11 is 0. The zero-order valence-corrected chi connectivity index (χ0v) is 11.5. The molecule has 0 aliphatic rings. The number of benzene rings is 1. The lowest BCUT2D eigenvalue weighted by Gasteiger charge is -2.07. The van der Waals surface area contributed by atoms with Gasteiger partial charge in [-0.3, -0.25) is 4.79 Å². The quantitative estimate of drug-likeness (QED) is 0.796. The maximum absolute atomic E-state index is 11.0. The largest absolute Gasteiger partial charge is 0.477 e. The molecule has 0 fully saturated rings. The number of rotatable bonds is 4. The summed E-state index contributed by atoms with van der Waals surface area (Å²) in [7, 11) is 0. The molecule has 1 amide bonds. The molecule has 1 aromatic heterocycles. The van der Waals surface area contributed by atoms with E-state index in [1.54, 1.807) is 24.3 Å². The molecule has 0 saturated heterocycles. The normalized spacial score (nSPS) is 10.0. The molecule has 0 saturated carbocycles. The van der Waals surface area contributed by atoms with E-state index in [-0.39, 0.29) is 17.3 Å². The maximum atomic E-state index is 11.0. The number of hydrogen-bond donors (Lipinski definition) is 3. The fourth-order valence-corrected chi connectivity index (χ4v) is 1.87. The number of nitrogens with one attached hydrogen (secondary N) is 1. The third kappa shape index (κ3) is 3.45. The number of hydrogen-bond acceptors (Lipinski definition) is 4. The topological polar surface area (TPSA) is 117 Å². The molecule has 0 radical (unpaired) electrons. The van der Waals surface area contributed by atoms with Gasteiger partial charge in [0.25, 0.3) is 0 Å². The number of aromatic nitrogens is 1. The Bertz CT molecular complexity index is 721. The van der Waals surface area contributed by atoms with Crippen molar-refractivity contribution in [3.8, 4) is 11.1 Å². The first-order chi connectivity index (χ1) is 10.4. The molecule has 112 valence electrons. The summed E-state index contributed by atoms with van der Waals surface area (Å²) in [6.07, 6.45) is 0. The molecular formula is C15H12N2O5. The Labute approximate surface area is 125 Å². The third-order valence-corrected chi connectivity index (χ3v) is 2.80. The summed E-state index contributed by atoms with van der Waals surface area (Å²) < 4.78 is 0. The molecular weight excluding hydrogens is 288 g/mol. The van der Waals surface area contributed by atoms with Crippen LogP contribution < -0.4 is 5.32 Å². The SMILES string of the molecule is CC(=O)Nc1ccc(-c2cc(C(=O)O)nc(C(=O)O)c2)cc1. The van der Waals surface area contributed by atoms with Gasteiger partial charge in [0.15, 0.2) is 0 Å². The van der Waals surface area contributed by atoms with Gasteiger partial charge in [-0.25, -0.2) is 14.6 Å². The lowest BCUT2D eigenvalue weighted by molar-refractivity contribution is -0.114. The van der Waals surface area contributed by atoms with E-state index >= 15 is 0 Å². The molecule has 0 atom stereocenters. The van der Waals surface area contributed by atoms with Crippen molar-refractivity contribution < 1.29 is 24.6 Å². The highest BCUT2D eigenvalue weighted by molar-refractivity contribution is 5.93. The van der Waals surface area contributed by atoms with Crippen molar-refractivity contribution in [3.05, 3.63) is 47.8 Å². The summed E-state index contributed by atoms with van der Waals surface area (Å²) in [4.78, 5) is 36.6. The van der Waals surface area contributed by atoms with Crippen LogP contribution in [-0.4, -0.2) is 33.0 Å². The van der Waals surface area contributed by atoms with Crippen LogP contribution in [0.2, 0.25) is 0 Å². The van der Waals surface area contributed by atoms with Gasteiger partial charge in [-0.05, 0) is 35.4 Å². The van der Waals surface area contributed by atoms with Crippen LogP contribution in [-0.2, 0) is 4.79 Å². The van der Waals surface area contributed by atoms with Gasteiger partial charge in [0, 0.05) is 12.6 Å². The van der Waals surface area contributed by atoms with Crippen LogP contribution in [0.15, 0.2) is 36.4 Å². The number of amides is 1. The van der Waals surface area contributed by atoms with Crippen LogP contribution in [0.25, 0.3) is 11.1 Å². The van der Waals surface area contributed by atoms with E-state index in [0.29, 0.717) is 16.8 Å². The molecule has 0 bridgehead atoms. The first-order valence-corrected chi connectivity index (χ1v) is 6.23. The van der Waals surface area contributed by atoms with Crippen LogP contribution in [0, 0.1) is 0 Å². The van der Waals surface area contributed by atoms with Crippen molar-refractivity contribution in [2.24, 2.45) is 0 Å². The highest BCUT2D eigenvalue weighted by Crippen LogP contribution is 2.23. The van der Waals surface area contributed by atoms with Crippen LogP contribution in [0.4, 0.5) is 5.69 Å². The Morgan fingerprint density at radius 1 is 0.909 bits per heavy atom. The lowest BCUT2D eigenvalue weighted by atomic mass is 10.0. The maximum Gasteiger partial charge on any atom is 0.354 e. The number of pyridine rings is 1. The van der Waals surface area contributed by atoms with E-state index in [1.807, 2.05) is 0 Å². The fraction of sp³-hybridized carbons (Fsp3) is 0.0667. The van der Waals surface area contributed by atoms with Gasteiger partial charge in [0.1, 0.15) is 11.4 Å². The smallest absolute Gasteiger partial charge is 0.354 e.